The van der Waals surface area contributed by atoms with Crippen LogP contribution in [0.25, 0.3) is 0 Å². The smallest absolute Gasteiger partial charge is 0.306 e. The maximum atomic E-state index is 14.0. The van der Waals surface area contributed by atoms with Crippen molar-refractivity contribution in [3.05, 3.63) is 71.2 Å². The number of carbonyl (C=O) groups excluding carboxylic acids is 2. The van der Waals surface area contributed by atoms with Crippen molar-refractivity contribution in [1.82, 2.24) is 15.3 Å². The summed E-state index contributed by atoms with van der Waals surface area (Å²) in [6.45, 7) is 5.79. The van der Waals surface area contributed by atoms with Gasteiger partial charge in [-0.2, -0.15) is 13.4 Å². The normalized spacial score (nSPS) is 12.1. The molecule has 2 amide bonds. The minimum atomic E-state index is -3.95. The molecule has 0 spiro atoms. The Morgan fingerprint density at radius 1 is 1.11 bits per heavy atom. The summed E-state index contributed by atoms with van der Waals surface area (Å²) in [6, 6.07) is 9.99. The van der Waals surface area contributed by atoms with Gasteiger partial charge in [-0.1, -0.05) is 32.0 Å². The molecule has 0 fully saturated rings. The molecule has 0 aliphatic heterocycles. The lowest BCUT2D eigenvalue weighted by Gasteiger charge is -2.20. The monoisotopic (exact) mass is 544 g/mol. The summed E-state index contributed by atoms with van der Waals surface area (Å²) >= 11 is 0. The van der Waals surface area contributed by atoms with E-state index in [1.165, 1.54) is 42.6 Å². The Balaban J connectivity index is 1.91. The second-order valence-corrected chi connectivity index (χ2v) is 10.5. The van der Waals surface area contributed by atoms with E-state index in [2.05, 4.69) is 25.9 Å². The number of aromatic nitrogens is 2. The van der Waals surface area contributed by atoms with Gasteiger partial charge in [0.05, 0.1) is 17.4 Å². The predicted octanol–water partition coefficient (Wildman–Crippen LogP) is 3.18. The van der Waals surface area contributed by atoms with E-state index in [1.54, 1.807) is 6.07 Å². The van der Waals surface area contributed by atoms with Crippen molar-refractivity contribution >= 4 is 39.4 Å². The van der Waals surface area contributed by atoms with Crippen LogP contribution in [-0.4, -0.2) is 42.5 Å². The Bertz CT molecular complexity index is 1450. The number of rotatable bonds is 11. The van der Waals surface area contributed by atoms with Crippen LogP contribution in [0.1, 0.15) is 47.1 Å². The zero-order chi connectivity index (χ0) is 28.0. The number of primary amides is 1. The molecule has 202 valence electrons. The Labute approximate surface area is 220 Å². The van der Waals surface area contributed by atoms with E-state index < -0.39 is 27.7 Å². The lowest BCUT2D eigenvalue weighted by Crippen LogP contribution is -2.25. The Morgan fingerprint density at radius 2 is 1.82 bits per heavy atom. The van der Waals surface area contributed by atoms with Gasteiger partial charge >= 0.3 is 10.1 Å². The maximum absolute atomic E-state index is 14.0. The third kappa shape index (κ3) is 7.62. The molecule has 0 saturated carbocycles. The lowest BCUT2D eigenvalue weighted by molar-refractivity contribution is 0.0947. The van der Waals surface area contributed by atoms with Crippen molar-refractivity contribution in [1.29, 1.82) is 0 Å². The number of nitrogens with zero attached hydrogens (tertiary/aromatic N) is 2. The number of anilines is 3. The number of benzene rings is 2. The number of amides is 2. The quantitative estimate of drug-likeness (QED) is 0.265. The number of hydrogen-bond donors (Lipinski definition) is 4. The number of nitrogens with two attached hydrogens (primary N) is 1. The van der Waals surface area contributed by atoms with Gasteiger partial charge < -0.3 is 25.9 Å². The van der Waals surface area contributed by atoms with Gasteiger partial charge in [0.2, 0.25) is 5.95 Å². The van der Waals surface area contributed by atoms with E-state index >= 15 is 0 Å². The molecular weight excluding hydrogens is 515 g/mol. The van der Waals surface area contributed by atoms with Gasteiger partial charge in [0.1, 0.15) is 11.6 Å². The van der Waals surface area contributed by atoms with Crippen molar-refractivity contribution in [3.8, 4) is 5.75 Å². The van der Waals surface area contributed by atoms with Crippen LogP contribution in [0.15, 0.2) is 48.7 Å². The van der Waals surface area contributed by atoms with Gasteiger partial charge in [0, 0.05) is 30.0 Å². The van der Waals surface area contributed by atoms with Crippen molar-refractivity contribution < 1.29 is 26.6 Å². The molecule has 3 rings (SSSR count). The molecule has 0 unspecified atom stereocenters. The Morgan fingerprint density at radius 3 is 2.45 bits per heavy atom. The first-order chi connectivity index (χ1) is 17.8. The minimum absolute atomic E-state index is 0.0342. The van der Waals surface area contributed by atoms with Crippen LogP contribution in [0.2, 0.25) is 0 Å². The van der Waals surface area contributed by atoms with E-state index in [0.717, 1.165) is 6.26 Å². The molecule has 13 heteroatoms. The first kappa shape index (κ1) is 28.3. The minimum Gasteiger partial charge on any atom is -0.382 e. The molecule has 2 aromatic carbocycles. The first-order valence-electron chi connectivity index (χ1n) is 11.6. The maximum Gasteiger partial charge on any atom is 0.306 e. The summed E-state index contributed by atoms with van der Waals surface area (Å²) < 4.78 is 42.5. The van der Waals surface area contributed by atoms with Crippen LogP contribution in [0.5, 0.6) is 5.75 Å². The molecule has 3 aromatic rings. The third-order valence-electron chi connectivity index (χ3n) is 5.54. The largest absolute Gasteiger partial charge is 0.382 e. The molecule has 0 aliphatic rings. The zero-order valence-corrected chi connectivity index (χ0v) is 22.1. The molecule has 0 saturated heterocycles. The van der Waals surface area contributed by atoms with E-state index in [1.807, 2.05) is 20.8 Å². The summed E-state index contributed by atoms with van der Waals surface area (Å²) in [4.78, 5) is 33.3. The fourth-order valence-corrected chi connectivity index (χ4v) is 3.65. The van der Waals surface area contributed by atoms with Gasteiger partial charge in [-0.15, -0.1) is 0 Å². The molecule has 38 heavy (non-hydrogen) atoms. The first-order valence-corrected chi connectivity index (χ1v) is 13.4. The van der Waals surface area contributed by atoms with Crippen LogP contribution in [0, 0.1) is 11.7 Å². The highest BCUT2D eigenvalue weighted by Crippen LogP contribution is 2.27. The van der Waals surface area contributed by atoms with Crippen LogP contribution < -0.4 is 25.9 Å². The van der Waals surface area contributed by atoms with E-state index in [-0.39, 0.29) is 52.7 Å². The molecule has 0 radical (unpaired) electrons. The van der Waals surface area contributed by atoms with Crippen LogP contribution in [0.3, 0.4) is 0 Å². The molecule has 1 aromatic heterocycles. The average molecular weight is 545 g/mol. The van der Waals surface area contributed by atoms with Crippen LogP contribution in [-0.2, 0) is 16.7 Å². The highest BCUT2D eigenvalue weighted by atomic mass is 32.2. The second-order valence-electron chi connectivity index (χ2n) is 8.89. The average Bonchev–Trinajstić information content (AvgIpc) is 2.83. The van der Waals surface area contributed by atoms with Crippen LogP contribution in [0.4, 0.5) is 21.8 Å². The highest BCUT2D eigenvalue weighted by molar-refractivity contribution is 7.86. The van der Waals surface area contributed by atoms with Gasteiger partial charge in [-0.05, 0) is 37.1 Å². The topological polar surface area (TPSA) is 165 Å². The fourth-order valence-electron chi connectivity index (χ4n) is 3.18. The number of carbonyl (C=O) groups is 2. The number of halogens is 1. The van der Waals surface area contributed by atoms with E-state index in [4.69, 9.17) is 9.92 Å². The van der Waals surface area contributed by atoms with Gasteiger partial charge in [-0.3, -0.25) is 9.59 Å². The number of nitrogens with one attached hydrogen (secondary N) is 3. The highest BCUT2D eigenvalue weighted by Gasteiger charge is 2.19. The lowest BCUT2D eigenvalue weighted by atomic mass is 10.1. The molecule has 5 N–H and O–H groups in total. The predicted molar refractivity (Wildman–Crippen MR) is 141 cm³/mol. The molecule has 0 bridgehead atoms. The number of hydrogen-bond acceptors (Lipinski definition) is 9. The SMILES string of the molecule is CC(C)[C@@H](C)Nc1nc(Nc2ccc(OS(C)(=O)=O)c(C(=O)NCc3ccccc3F)c2)ncc1C(N)=O. The van der Waals surface area contributed by atoms with Crippen molar-refractivity contribution in [2.45, 2.75) is 33.4 Å². The van der Waals surface area contributed by atoms with Crippen molar-refractivity contribution in [2.24, 2.45) is 11.7 Å². The summed E-state index contributed by atoms with van der Waals surface area (Å²) in [5.74, 6) is -1.57. The zero-order valence-electron chi connectivity index (χ0n) is 21.3. The van der Waals surface area contributed by atoms with Gasteiger partial charge in [-0.25, -0.2) is 9.37 Å². The third-order valence-corrected chi connectivity index (χ3v) is 6.02. The van der Waals surface area contributed by atoms with E-state index in [9.17, 15) is 22.4 Å². The Kier molecular flexibility index (Phi) is 8.84. The standard InChI is InChI=1S/C25H29FN6O5S/c1-14(2)15(3)30-23-19(22(27)33)13-29-25(32-23)31-17-9-10-21(37-38(4,35)36)18(11-17)24(34)28-12-16-7-5-6-8-20(16)26/h5-11,13-15H,12H2,1-4H3,(H2,27,33)(H,28,34)(H2,29,30,31,32)/t15-/m1/s1. The molecular formula is C25H29FN6O5S. The van der Waals surface area contributed by atoms with Crippen LogP contribution >= 0.6 is 0 Å². The molecule has 1 heterocycles. The van der Waals surface area contributed by atoms with Gasteiger partial charge in [0.15, 0.2) is 5.75 Å². The van der Waals surface area contributed by atoms with Crippen molar-refractivity contribution in [3.63, 3.8) is 0 Å². The summed E-state index contributed by atoms with van der Waals surface area (Å²) in [7, 11) is -3.95. The van der Waals surface area contributed by atoms with E-state index in [0.29, 0.717) is 5.69 Å². The van der Waals surface area contributed by atoms with Crippen molar-refractivity contribution in [2.75, 3.05) is 16.9 Å². The fraction of sp³-hybridized carbons (Fsp3) is 0.280. The molecule has 1 atom stereocenters. The molecule has 0 aliphatic carbocycles. The second kappa shape index (κ2) is 11.9. The summed E-state index contributed by atoms with van der Waals surface area (Å²) in [5, 5.41) is 8.63. The van der Waals surface area contributed by atoms with Gasteiger partial charge in [0.25, 0.3) is 11.8 Å². The summed E-state index contributed by atoms with van der Waals surface area (Å²) in [6.07, 6.45) is 2.12. The molecule has 11 nitrogen and oxygen atoms in total. The Hall–Kier alpha value is -4.26. The summed E-state index contributed by atoms with van der Waals surface area (Å²) in [5.41, 5.74) is 6.00.